The summed E-state index contributed by atoms with van der Waals surface area (Å²) in [5.74, 6) is -0.0162. The predicted molar refractivity (Wildman–Crippen MR) is 85.6 cm³/mol. The molecule has 1 saturated heterocycles. The van der Waals surface area contributed by atoms with Crippen molar-refractivity contribution in [1.29, 1.82) is 0 Å². The molecular formula is C15H18N2O3S. The summed E-state index contributed by atoms with van der Waals surface area (Å²) >= 11 is 1.88. The van der Waals surface area contributed by atoms with E-state index in [4.69, 9.17) is 5.11 Å². The third-order valence-electron chi connectivity index (χ3n) is 3.11. The van der Waals surface area contributed by atoms with Crippen LogP contribution >= 0.6 is 11.8 Å². The molecule has 0 bridgehead atoms. The number of thioether (sulfide) groups is 1. The van der Waals surface area contributed by atoms with Gasteiger partial charge < -0.3 is 15.3 Å². The second-order valence-corrected chi connectivity index (χ2v) is 6.40. The van der Waals surface area contributed by atoms with Crippen molar-refractivity contribution in [2.45, 2.75) is 12.2 Å². The molecule has 2 rings (SSSR count). The van der Waals surface area contributed by atoms with Gasteiger partial charge in [0.05, 0.1) is 0 Å². The molecule has 2 N–H and O–H groups in total. The summed E-state index contributed by atoms with van der Waals surface area (Å²) < 4.78 is 0. The molecule has 0 radical (unpaired) electrons. The Labute approximate surface area is 128 Å². The molecule has 0 spiro atoms. The fourth-order valence-corrected chi connectivity index (χ4v) is 3.06. The standard InChI is InChI=1S/C15H18N2O3S/c1-11-10-17(8-9-21-11)15(20)16-13-5-2-12(3-6-13)4-7-14(18)19/h2-7,11H,8-10H2,1H3,(H,16,20)(H,18,19)/b7-4+. The minimum atomic E-state index is -0.982. The Morgan fingerprint density at radius 2 is 2.10 bits per heavy atom. The van der Waals surface area contributed by atoms with Crippen LogP contribution in [-0.4, -0.2) is 46.1 Å². The van der Waals surface area contributed by atoms with Crippen LogP contribution in [0, 0.1) is 0 Å². The number of carbonyl (C=O) groups excluding carboxylic acids is 1. The molecule has 1 atom stereocenters. The third-order valence-corrected chi connectivity index (χ3v) is 4.24. The first-order chi connectivity index (χ1) is 10.0. The minimum absolute atomic E-state index is 0.0871. The van der Waals surface area contributed by atoms with Gasteiger partial charge >= 0.3 is 12.0 Å². The van der Waals surface area contributed by atoms with Gasteiger partial charge in [-0.05, 0) is 23.8 Å². The number of carbonyl (C=O) groups is 2. The van der Waals surface area contributed by atoms with Crippen molar-refractivity contribution >= 4 is 35.5 Å². The van der Waals surface area contributed by atoms with Crippen LogP contribution in [0.25, 0.3) is 6.08 Å². The normalized spacial score (nSPS) is 18.7. The van der Waals surface area contributed by atoms with Gasteiger partial charge in [-0.25, -0.2) is 9.59 Å². The highest BCUT2D eigenvalue weighted by molar-refractivity contribution is 7.99. The van der Waals surface area contributed by atoms with Gasteiger partial charge in [0.25, 0.3) is 0 Å². The first kappa shape index (κ1) is 15.4. The van der Waals surface area contributed by atoms with Gasteiger partial charge in [-0.2, -0.15) is 11.8 Å². The highest BCUT2D eigenvalue weighted by atomic mass is 32.2. The summed E-state index contributed by atoms with van der Waals surface area (Å²) in [6, 6.07) is 6.98. The van der Waals surface area contributed by atoms with E-state index in [0.717, 1.165) is 30.5 Å². The SMILES string of the molecule is CC1CN(C(=O)Nc2ccc(/C=C/C(=O)O)cc2)CCS1. The number of carboxylic acids is 1. The number of benzene rings is 1. The van der Waals surface area contributed by atoms with E-state index in [1.807, 2.05) is 16.7 Å². The quantitative estimate of drug-likeness (QED) is 0.843. The smallest absolute Gasteiger partial charge is 0.328 e. The summed E-state index contributed by atoms with van der Waals surface area (Å²) in [7, 11) is 0. The van der Waals surface area contributed by atoms with Crippen LogP contribution in [-0.2, 0) is 4.79 Å². The van der Waals surface area contributed by atoms with E-state index in [2.05, 4.69) is 12.2 Å². The van der Waals surface area contributed by atoms with Gasteiger partial charge in [0.1, 0.15) is 0 Å². The van der Waals surface area contributed by atoms with Crippen LogP contribution in [0.4, 0.5) is 10.5 Å². The lowest BCUT2D eigenvalue weighted by Crippen LogP contribution is -2.43. The number of hydrogen-bond acceptors (Lipinski definition) is 3. The lowest BCUT2D eigenvalue weighted by atomic mass is 10.2. The molecule has 21 heavy (non-hydrogen) atoms. The Kier molecular flexibility index (Phi) is 5.27. The zero-order valence-corrected chi connectivity index (χ0v) is 12.6. The van der Waals surface area contributed by atoms with E-state index in [1.54, 1.807) is 24.3 Å². The van der Waals surface area contributed by atoms with E-state index in [-0.39, 0.29) is 6.03 Å². The average molecular weight is 306 g/mol. The van der Waals surface area contributed by atoms with Crippen molar-refractivity contribution < 1.29 is 14.7 Å². The van der Waals surface area contributed by atoms with Crippen molar-refractivity contribution in [3.05, 3.63) is 35.9 Å². The zero-order valence-electron chi connectivity index (χ0n) is 11.8. The summed E-state index contributed by atoms with van der Waals surface area (Å²) in [5.41, 5.74) is 1.48. The molecule has 0 aromatic heterocycles. The van der Waals surface area contributed by atoms with Gasteiger partial charge in [0.2, 0.25) is 0 Å². The second kappa shape index (κ2) is 7.17. The molecule has 1 aromatic rings. The van der Waals surface area contributed by atoms with E-state index in [9.17, 15) is 9.59 Å². The number of hydrogen-bond donors (Lipinski definition) is 2. The summed E-state index contributed by atoms with van der Waals surface area (Å²) in [6.07, 6.45) is 2.60. The molecule has 1 aliphatic heterocycles. The number of aliphatic carboxylic acids is 1. The maximum absolute atomic E-state index is 12.1. The molecule has 1 unspecified atom stereocenters. The van der Waals surface area contributed by atoms with Crippen molar-refractivity contribution in [2.24, 2.45) is 0 Å². The highest BCUT2D eigenvalue weighted by Crippen LogP contribution is 2.19. The van der Waals surface area contributed by atoms with Gasteiger partial charge in [-0.15, -0.1) is 0 Å². The molecule has 1 heterocycles. The summed E-state index contributed by atoms with van der Waals surface area (Å²) in [4.78, 5) is 24.4. The fraction of sp³-hybridized carbons (Fsp3) is 0.333. The molecule has 0 saturated carbocycles. The Hall–Kier alpha value is -1.95. The number of rotatable bonds is 3. The topological polar surface area (TPSA) is 69.6 Å². The van der Waals surface area contributed by atoms with Crippen molar-refractivity contribution in [2.75, 3.05) is 24.2 Å². The Bertz CT molecular complexity index is 542. The van der Waals surface area contributed by atoms with Crippen molar-refractivity contribution in [3.63, 3.8) is 0 Å². The third kappa shape index (κ3) is 4.82. The van der Waals surface area contributed by atoms with Gasteiger partial charge in [-0.3, -0.25) is 0 Å². The first-order valence-corrected chi connectivity index (χ1v) is 7.78. The molecule has 0 aliphatic carbocycles. The maximum atomic E-state index is 12.1. The minimum Gasteiger partial charge on any atom is -0.478 e. The first-order valence-electron chi connectivity index (χ1n) is 6.73. The molecule has 1 aromatic carbocycles. The Morgan fingerprint density at radius 3 is 2.71 bits per heavy atom. The van der Waals surface area contributed by atoms with E-state index < -0.39 is 5.97 Å². The molecule has 6 heteroatoms. The van der Waals surface area contributed by atoms with E-state index in [0.29, 0.717) is 10.9 Å². The average Bonchev–Trinajstić information content (AvgIpc) is 2.46. The molecule has 1 aliphatic rings. The Balaban J connectivity index is 1.93. The number of nitrogens with zero attached hydrogens (tertiary/aromatic N) is 1. The number of amides is 2. The fourth-order valence-electron chi connectivity index (χ4n) is 2.05. The molecular weight excluding hydrogens is 288 g/mol. The summed E-state index contributed by atoms with van der Waals surface area (Å²) in [6.45, 7) is 3.64. The van der Waals surface area contributed by atoms with Crippen LogP contribution in [0.5, 0.6) is 0 Å². The lowest BCUT2D eigenvalue weighted by Gasteiger charge is -2.30. The molecule has 1 fully saturated rings. The van der Waals surface area contributed by atoms with Crippen molar-refractivity contribution in [1.82, 2.24) is 4.90 Å². The molecule has 112 valence electrons. The van der Waals surface area contributed by atoms with Gasteiger partial charge in [0.15, 0.2) is 0 Å². The highest BCUT2D eigenvalue weighted by Gasteiger charge is 2.21. The Morgan fingerprint density at radius 1 is 1.38 bits per heavy atom. The van der Waals surface area contributed by atoms with Crippen LogP contribution in [0.2, 0.25) is 0 Å². The maximum Gasteiger partial charge on any atom is 0.328 e. The lowest BCUT2D eigenvalue weighted by molar-refractivity contribution is -0.131. The van der Waals surface area contributed by atoms with Crippen molar-refractivity contribution in [3.8, 4) is 0 Å². The molecule has 2 amide bonds. The molecule has 5 nitrogen and oxygen atoms in total. The predicted octanol–water partition coefficient (Wildman–Crippen LogP) is 2.75. The second-order valence-electron chi connectivity index (χ2n) is 4.85. The van der Waals surface area contributed by atoms with E-state index in [1.165, 1.54) is 6.08 Å². The van der Waals surface area contributed by atoms with Gasteiger partial charge in [-0.1, -0.05) is 19.1 Å². The monoisotopic (exact) mass is 306 g/mol. The van der Waals surface area contributed by atoms with Crippen LogP contribution < -0.4 is 5.32 Å². The number of carboxylic acid groups (broad SMARTS) is 1. The zero-order chi connectivity index (χ0) is 15.2. The van der Waals surface area contributed by atoms with Crippen LogP contribution in [0.1, 0.15) is 12.5 Å². The number of anilines is 1. The number of urea groups is 1. The number of nitrogens with one attached hydrogen (secondary N) is 1. The van der Waals surface area contributed by atoms with Crippen LogP contribution in [0.15, 0.2) is 30.3 Å². The largest absolute Gasteiger partial charge is 0.478 e. The van der Waals surface area contributed by atoms with E-state index >= 15 is 0 Å². The van der Waals surface area contributed by atoms with Gasteiger partial charge in [0, 0.05) is 35.9 Å². The van der Waals surface area contributed by atoms with Crippen LogP contribution in [0.3, 0.4) is 0 Å². The summed E-state index contributed by atoms with van der Waals surface area (Å²) in [5, 5.41) is 11.9.